The minimum atomic E-state index is -3.99. The molecule has 1 saturated carbocycles. The maximum absolute atomic E-state index is 13.0. The van der Waals surface area contributed by atoms with E-state index in [0.717, 1.165) is 31.0 Å². The van der Waals surface area contributed by atoms with Gasteiger partial charge in [0, 0.05) is 11.7 Å². The molecule has 1 atom stereocenters. The van der Waals surface area contributed by atoms with Crippen LogP contribution in [0.25, 0.3) is 0 Å². The summed E-state index contributed by atoms with van der Waals surface area (Å²) in [4.78, 5) is 23.9. The Hall–Kier alpha value is -2.94. The molecule has 2 aromatic rings. The number of nitrogens with one attached hydrogen (secondary N) is 2. The number of carbonyl (C=O) groups excluding carboxylic acids is 2. The van der Waals surface area contributed by atoms with Crippen molar-refractivity contribution in [1.29, 1.82) is 0 Å². The van der Waals surface area contributed by atoms with Crippen LogP contribution in [0.15, 0.2) is 53.4 Å². The van der Waals surface area contributed by atoms with Crippen LogP contribution in [0.4, 0.5) is 10.1 Å². The van der Waals surface area contributed by atoms with Gasteiger partial charge in [-0.3, -0.25) is 9.52 Å². The molecule has 1 aliphatic carbocycles. The van der Waals surface area contributed by atoms with Gasteiger partial charge in [0.1, 0.15) is 5.82 Å². The first-order valence-electron chi connectivity index (χ1n) is 9.09. The maximum atomic E-state index is 13.0. The second-order valence-electron chi connectivity index (χ2n) is 6.91. The number of ether oxygens (including phenoxy) is 1. The largest absolute Gasteiger partial charge is 0.452 e. The molecule has 0 aliphatic heterocycles. The lowest BCUT2D eigenvalue weighted by atomic mass is 10.2. The summed E-state index contributed by atoms with van der Waals surface area (Å²) in [5.41, 5.74) is 0.177. The summed E-state index contributed by atoms with van der Waals surface area (Å²) >= 11 is 0. The normalized spacial score (nSPS) is 14.7. The molecular weight excluding hydrogens is 399 g/mol. The lowest BCUT2D eigenvalue weighted by Crippen LogP contribution is -2.37. The summed E-state index contributed by atoms with van der Waals surface area (Å²) in [5.74, 6) is -1.23. The van der Waals surface area contributed by atoms with Crippen LogP contribution in [0, 0.1) is 11.7 Å². The Morgan fingerprint density at radius 2 is 1.86 bits per heavy atom. The molecule has 0 aromatic heterocycles. The lowest BCUT2D eigenvalue weighted by Gasteiger charge is -2.13. The fourth-order valence-corrected chi connectivity index (χ4v) is 3.85. The molecule has 0 saturated heterocycles. The number of rotatable bonds is 8. The van der Waals surface area contributed by atoms with Gasteiger partial charge in [-0.05, 0) is 68.1 Å². The molecule has 0 unspecified atom stereocenters. The quantitative estimate of drug-likeness (QED) is 0.640. The van der Waals surface area contributed by atoms with Crippen molar-refractivity contribution in [2.75, 3.05) is 11.3 Å². The topological polar surface area (TPSA) is 102 Å². The van der Waals surface area contributed by atoms with Gasteiger partial charge in [0.15, 0.2) is 6.61 Å². The number of anilines is 1. The van der Waals surface area contributed by atoms with Gasteiger partial charge < -0.3 is 10.1 Å². The zero-order valence-electron chi connectivity index (χ0n) is 15.7. The number of carbonyl (C=O) groups is 2. The Balaban J connectivity index is 1.62. The zero-order chi connectivity index (χ0) is 21.0. The Bertz CT molecular complexity index is 1000. The van der Waals surface area contributed by atoms with Gasteiger partial charge in [-0.2, -0.15) is 0 Å². The highest BCUT2D eigenvalue weighted by Gasteiger charge is 2.29. The number of hydrogen-bond acceptors (Lipinski definition) is 5. The fourth-order valence-electron chi connectivity index (χ4n) is 2.75. The summed E-state index contributed by atoms with van der Waals surface area (Å²) in [6.45, 7) is 1.46. The van der Waals surface area contributed by atoms with Gasteiger partial charge in [-0.15, -0.1) is 0 Å². The van der Waals surface area contributed by atoms with E-state index in [-0.39, 0.29) is 22.2 Å². The van der Waals surface area contributed by atoms with Crippen molar-refractivity contribution >= 4 is 27.6 Å². The van der Waals surface area contributed by atoms with E-state index in [1.807, 2.05) is 6.92 Å². The summed E-state index contributed by atoms with van der Waals surface area (Å²) in [7, 11) is -3.99. The maximum Gasteiger partial charge on any atom is 0.338 e. The van der Waals surface area contributed by atoms with Crippen LogP contribution >= 0.6 is 0 Å². The Labute approximate surface area is 168 Å². The summed E-state index contributed by atoms with van der Waals surface area (Å²) in [6, 6.07) is 10.1. The van der Waals surface area contributed by atoms with E-state index < -0.39 is 34.3 Å². The lowest BCUT2D eigenvalue weighted by molar-refractivity contribution is -0.124. The van der Waals surface area contributed by atoms with E-state index in [9.17, 15) is 22.4 Å². The number of hydrogen-bond donors (Lipinski definition) is 2. The highest BCUT2D eigenvalue weighted by atomic mass is 32.2. The molecule has 1 aliphatic rings. The highest BCUT2D eigenvalue weighted by molar-refractivity contribution is 7.92. The predicted octanol–water partition coefficient (Wildman–Crippen LogP) is 2.70. The molecule has 0 radical (unpaired) electrons. The molecule has 0 spiro atoms. The van der Waals surface area contributed by atoms with Gasteiger partial charge >= 0.3 is 5.97 Å². The van der Waals surface area contributed by atoms with Crippen molar-refractivity contribution in [3.8, 4) is 0 Å². The van der Waals surface area contributed by atoms with E-state index in [4.69, 9.17) is 4.74 Å². The summed E-state index contributed by atoms with van der Waals surface area (Å²) < 4.78 is 45.3. The predicted molar refractivity (Wildman–Crippen MR) is 104 cm³/mol. The van der Waals surface area contributed by atoms with Crippen molar-refractivity contribution in [1.82, 2.24) is 5.32 Å². The van der Waals surface area contributed by atoms with Crippen molar-refractivity contribution in [2.24, 2.45) is 5.92 Å². The van der Waals surface area contributed by atoms with E-state index in [1.165, 1.54) is 30.3 Å². The monoisotopic (exact) mass is 420 g/mol. The molecule has 0 heterocycles. The van der Waals surface area contributed by atoms with Crippen LogP contribution in [0.2, 0.25) is 0 Å². The van der Waals surface area contributed by atoms with Crippen LogP contribution in [0.3, 0.4) is 0 Å². The molecule has 1 amide bonds. The van der Waals surface area contributed by atoms with E-state index in [2.05, 4.69) is 10.0 Å². The molecule has 1 fully saturated rings. The number of sulfonamides is 1. The van der Waals surface area contributed by atoms with Gasteiger partial charge in [-0.1, -0.05) is 6.07 Å². The van der Waals surface area contributed by atoms with Crippen molar-refractivity contribution in [3.05, 3.63) is 59.9 Å². The first-order chi connectivity index (χ1) is 13.7. The molecule has 0 bridgehead atoms. The van der Waals surface area contributed by atoms with Crippen LogP contribution in [0.5, 0.6) is 0 Å². The molecule has 7 nitrogen and oxygen atoms in total. The third-order valence-corrected chi connectivity index (χ3v) is 5.91. The van der Waals surface area contributed by atoms with Gasteiger partial charge in [0.25, 0.3) is 15.9 Å². The van der Waals surface area contributed by atoms with Gasteiger partial charge in [0.2, 0.25) is 0 Å². The highest BCUT2D eigenvalue weighted by Crippen LogP contribution is 2.32. The number of benzene rings is 2. The Kier molecular flexibility index (Phi) is 6.17. The molecule has 29 heavy (non-hydrogen) atoms. The smallest absolute Gasteiger partial charge is 0.338 e. The Morgan fingerprint density at radius 1 is 1.17 bits per heavy atom. The molecule has 2 aromatic carbocycles. The summed E-state index contributed by atoms with van der Waals surface area (Å²) in [6.07, 6.45) is 2.16. The van der Waals surface area contributed by atoms with E-state index in [1.54, 1.807) is 0 Å². The van der Waals surface area contributed by atoms with Crippen LogP contribution in [0.1, 0.15) is 30.1 Å². The van der Waals surface area contributed by atoms with E-state index in [0.29, 0.717) is 5.92 Å². The first-order valence-corrected chi connectivity index (χ1v) is 10.6. The molecule has 2 N–H and O–H groups in total. The number of halogens is 1. The van der Waals surface area contributed by atoms with Crippen LogP contribution in [-0.2, 0) is 19.6 Å². The summed E-state index contributed by atoms with van der Waals surface area (Å²) in [5, 5.41) is 2.77. The van der Waals surface area contributed by atoms with Crippen LogP contribution in [-0.4, -0.2) is 32.9 Å². The average molecular weight is 420 g/mol. The second kappa shape index (κ2) is 8.60. The third-order valence-electron chi connectivity index (χ3n) is 4.53. The fraction of sp³-hybridized carbons (Fsp3) is 0.300. The average Bonchev–Trinajstić information content (AvgIpc) is 3.53. The molecule has 3 rings (SSSR count). The third kappa shape index (κ3) is 5.77. The first kappa shape index (κ1) is 20.8. The standard InChI is InChI=1S/C20H21FN2O5S/c1-13(14-5-6-14)22-19(24)12-28-20(25)15-3-2-4-18(11-15)29(26,27)23-17-9-7-16(21)8-10-17/h2-4,7-11,13-14,23H,5-6,12H2,1H3,(H,22,24)/t13-/m1/s1. The molecular formula is C20H21FN2O5S. The SMILES string of the molecule is C[C@@H](NC(=O)COC(=O)c1cccc(S(=O)(=O)Nc2ccc(F)cc2)c1)C1CC1. The second-order valence-corrected chi connectivity index (χ2v) is 8.59. The zero-order valence-corrected chi connectivity index (χ0v) is 16.5. The van der Waals surface area contributed by atoms with Crippen LogP contribution < -0.4 is 10.0 Å². The van der Waals surface area contributed by atoms with Gasteiger partial charge in [-0.25, -0.2) is 17.6 Å². The molecule has 9 heteroatoms. The van der Waals surface area contributed by atoms with Crippen molar-refractivity contribution < 1.29 is 27.1 Å². The van der Waals surface area contributed by atoms with Crippen molar-refractivity contribution in [2.45, 2.75) is 30.7 Å². The van der Waals surface area contributed by atoms with Crippen molar-refractivity contribution in [3.63, 3.8) is 0 Å². The Morgan fingerprint density at radius 3 is 2.52 bits per heavy atom. The number of amides is 1. The van der Waals surface area contributed by atoms with E-state index >= 15 is 0 Å². The minimum absolute atomic E-state index is 0.00461. The van der Waals surface area contributed by atoms with Gasteiger partial charge in [0.05, 0.1) is 10.5 Å². The minimum Gasteiger partial charge on any atom is -0.452 e. The molecule has 154 valence electrons. The number of esters is 1.